The van der Waals surface area contributed by atoms with Crippen LogP contribution in [0.25, 0.3) is 6.08 Å². The van der Waals surface area contributed by atoms with Gasteiger partial charge in [-0.25, -0.2) is 4.79 Å². The average molecular weight is 407 g/mol. The Morgan fingerprint density at radius 3 is 2.65 bits per heavy atom. The minimum Gasteiger partial charge on any atom is -0.478 e. The minimum absolute atomic E-state index is 0.129. The summed E-state index contributed by atoms with van der Waals surface area (Å²) in [6.07, 6.45) is 1.64. The van der Waals surface area contributed by atoms with Crippen LogP contribution in [0, 0.1) is 0 Å². The number of carboxylic acid groups (broad SMARTS) is 1. The third-order valence-electron chi connectivity index (χ3n) is 3.64. The van der Waals surface area contributed by atoms with Crippen LogP contribution in [0.2, 0.25) is 10.0 Å². The second kappa shape index (κ2) is 7.53. The van der Waals surface area contributed by atoms with E-state index in [-0.39, 0.29) is 5.56 Å². The highest BCUT2D eigenvalue weighted by molar-refractivity contribution is 8.18. The van der Waals surface area contributed by atoms with Gasteiger partial charge in [-0.05, 0) is 47.7 Å². The summed E-state index contributed by atoms with van der Waals surface area (Å²) in [5, 5.41) is 10.7. The molecule has 0 saturated carbocycles. The molecule has 0 spiro atoms. The molecule has 3 rings (SSSR count). The Balaban J connectivity index is 1.89. The highest BCUT2D eigenvalue weighted by Crippen LogP contribution is 2.34. The van der Waals surface area contributed by atoms with E-state index >= 15 is 0 Å². The lowest BCUT2D eigenvalue weighted by molar-refractivity contribution is -0.113. The van der Waals surface area contributed by atoms with Crippen molar-refractivity contribution in [2.75, 3.05) is 11.9 Å². The zero-order valence-corrected chi connectivity index (χ0v) is 15.8. The fourth-order valence-corrected chi connectivity index (χ4v) is 3.69. The molecule has 5 nitrogen and oxygen atoms in total. The number of aliphatic imine (C=N–C) groups is 1. The molecule has 2 aromatic carbocycles. The largest absolute Gasteiger partial charge is 0.478 e. The number of aromatic carboxylic acids is 1. The molecule has 1 N–H and O–H groups in total. The first-order valence-electron chi connectivity index (χ1n) is 7.40. The summed E-state index contributed by atoms with van der Waals surface area (Å²) in [6, 6.07) is 11.5. The van der Waals surface area contributed by atoms with Gasteiger partial charge in [0.25, 0.3) is 5.91 Å². The Hall–Kier alpha value is -2.28. The van der Waals surface area contributed by atoms with Crippen LogP contribution in [-0.4, -0.2) is 29.2 Å². The van der Waals surface area contributed by atoms with Crippen LogP contribution in [0.15, 0.2) is 52.4 Å². The van der Waals surface area contributed by atoms with E-state index in [0.717, 1.165) is 11.8 Å². The van der Waals surface area contributed by atoms with Crippen molar-refractivity contribution in [2.45, 2.75) is 0 Å². The second-order valence-electron chi connectivity index (χ2n) is 5.36. The summed E-state index contributed by atoms with van der Waals surface area (Å²) in [4.78, 5) is 29.6. The molecule has 1 heterocycles. The summed E-state index contributed by atoms with van der Waals surface area (Å²) >= 11 is 13.2. The van der Waals surface area contributed by atoms with Gasteiger partial charge in [0.15, 0.2) is 5.17 Å². The summed E-state index contributed by atoms with van der Waals surface area (Å²) in [7, 11) is 1.67. The molecule has 0 unspecified atom stereocenters. The first-order chi connectivity index (χ1) is 12.4. The number of thioether (sulfide) groups is 1. The standard InChI is InChI=1S/C18H12Cl2N2O3S/c1-22(14-5-3-2-4-12(14)17(24)25)18-21-16(23)15(26-18)8-10-6-7-11(19)9-13(10)20/h2-9H,1H3,(H,24,25)/b15-8-. The van der Waals surface area contributed by atoms with Crippen LogP contribution in [0.3, 0.4) is 0 Å². The van der Waals surface area contributed by atoms with E-state index < -0.39 is 11.9 Å². The molecular weight excluding hydrogens is 395 g/mol. The van der Waals surface area contributed by atoms with E-state index in [0.29, 0.717) is 31.4 Å². The predicted octanol–water partition coefficient (Wildman–Crippen LogP) is 4.80. The molecule has 1 aliphatic rings. The first kappa shape index (κ1) is 18.5. The quantitative estimate of drug-likeness (QED) is 0.741. The number of nitrogens with zero attached hydrogens (tertiary/aromatic N) is 2. The highest BCUT2D eigenvalue weighted by atomic mass is 35.5. The third-order valence-corrected chi connectivity index (χ3v) is 5.26. The molecule has 26 heavy (non-hydrogen) atoms. The number of rotatable bonds is 3. The summed E-state index contributed by atoms with van der Waals surface area (Å²) in [5.41, 5.74) is 1.23. The van der Waals surface area contributed by atoms with Gasteiger partial charge in [-0.1, -0.05) is 41.4 Å². The third kappa shape index (κ3) is 3.77. The lowest BCUT2D eigenvalue weighted by atomic mass is 10.1. The van der Waals surface area contributed by atoms with E-state index in [2.05, 4.69) is 4.99 Å². The van der Waals surface area contributed by atoms with Gasteiger partial charge in [0.1, 0.15) is 0 Å². The van der Waals surface area contributed by atoms with Crippen molar-refractivity contribution in [1.29, 1.82) is 0 Å². The fraction of sp³-hybridized carbons (Fsp3) is 0.0556. The number of carbonyl (C=O) groups excluding carboxylic acids is 1. The van der Waals surface area contributed by atoms with Gasteiger partial charge < -0.3 is 10.0 Å². The van der Waals surface area contributed by atoms with Crippen molar-refractivity contribution in [1.82, 2.24) is 0 Å². The number of hydrogen-bond donors (Lipinski definition) is 1. The number of anilines is 1. The Morgan fingerprint density at radius 2 is 1.96 bits per heavy atom. The normalized spacial score (nSPS) is 15.3. The van der Waals surface area contributed by atoms with Gasteiger partial charge in [-0.15, -0.1) is 0 Å². The highest BCUT2D eigenvalue weighted by Gasteiger charge is 2.27. The SMILES string of the molecule is CN(C1=NC(=O)/C(=C/c2ccc(Cl)cc2Cl)S1)c1ccccc1C(=O)O. The molecular formula is C18H12Cl2N2O3S. The summed E-state index contributed by atoms with van der Waals surface area (Å²) in [5.74, 6) is -1.46. The Morgan fingerprint density at radius 1 is 1.23 bits per heavy atom. The number of hydrogen-bond acceptors (Lipinski definition) is 4. The Bertz CT molecular complexity index is 973. The van der Waals surface area contributed by atoms with E-state index in [9.17, 15) is 14.7 Å². The monoisotopic (exact) mass is 406 g/mol. The van der Waals surface area contributed by atoms with Crippen LogP contribution in [0.4, 0.5) is 5.69 Å². The molecule has 132 valence electrons. The van der Waals surface area contributed by atoms with Crippen molar-refractivity contribution in [2.24, 2.45) is 4.99 Å². The number of amidine groups is 1. The van der Waals surface area contributed by atoms with Crippen LogP contribution >= 0.6 is 35.0 Å². The molecule has 8 heteroatoms. The van der Waals surface area contributed by atoms with Crippen molar-refractivity contribution in [3.8, 4) is 0 Å². The zero-order chi connectivity index (χ0) is 18.8. The molecule has 0 aliphatic carbocycles. The molecule has 0 radical (unpaired) electrons. The number of carboxylic acids is 1. The number of benzene rings is 2. The lowest BCUT2D eigenvalue weighted by Crippen LogP contribution is -2.24. The van der Waals surface area contributed by atoms with E-state index in [1.54, 1.807) is 54.4 Å². The first-order valence-corrected chi connectivity index (χ1v) is 8.97. The van der Waals surface area contributed by atoms with Crippen LogP contribution in [-0.2, 0) is 4.79 Å². The van der Waals surface area contributed by atoms with Crippen LogP contribution in [0.5, 0.6) is 0 Å². The van der Waals surface area contributed by atoms with E-state index in [1.165, 1.54) is 6.07 Å². The average Bonchev–Trinajstić information content (AvgIpc) is 2.97. The topological polar surface area (TPSA) is 70.0 Å². The van der Waals surface area contributed by atoms with E-state index in [1.807, 2.05) is 0 Å². The smallest absolute Gasteiger partial charge is 0.337 e. The maximum atomic E-state index is 12.2. The number of para-hydroxylation sites is 1. The molecule has 0 fully saturated rings. The van der Waals surface area contributed by atoms with Gasteiger partial charge in [-0.2, -0.15) is 4.99 Å². The van der Waals surface area contributed by atoms with Crippen molar-refractivity contribution in [3.63, 3.8) is 0 Å². The number of amides is 1. The Labute approximate surface area is 163 Å². The molecule has 0 atom stereocenters. The summed E-state index contributed by atoms with van der Waals surface area (Å²) < 4.78 is 0. The van der Waals surface area contributed by atoms with Crippen molar-refractivity contribution < 1.29 is 14.7 Å². The van der Waals surface area contributed by atoms with E-state index in [4.69, 9.17) is 23.2 Å². The van der Waals surface area contributed by atoms with Gasteiger partial charge in [0.2, 0.25) is 0 Å². The van der Waals surface area contributed by atoms with Crippen LogP contribution < -0.4 is 4.90 Å². The maximum absolute atomic E-state index is 12.2. The number of halogens is 2. The molecule has 1 amide bonds. The molecule has 0 saturated heterocycles. The van der Waals surface area contributed by atoms with Gasteiger partial charge in [0, 0.05) is 17.1 Å². The maximum Gasteiger partial charge on any atom is 0.337 e. The minimum atomic E-state index is -1.05. The van der Waals surface area contributed by atoms with Gasteiger partial charge in [-0.3, -0.25) is 4.79 Å². The molecule has 2 aromatic rings. The molecule has 0 aromatic heterocycles. The summed E-state index contributed by atoms with van der Waals surface area (Å²) in [6.45, 7) is 0. The number of carbonyl (C=O) groups is 2. The lowest BCUT2D eigenvalue weighted by Gasteiger charge is -2.19. The predicted molar refractivity (Wildman–Crippen MR) is 106 cm³/mol. The molecule has 1 aliphatic heterocycles. The van der Waals surface area contributed by atoms with Crippen LogP contribution in [0.1, 0.15) is 15.9 Å². The van der Waals surface area contributed by atoms with Gasteiger partial charge >= 0.3 is 5.97 Å². The van der Waals surface area contributed by atoms with Crippen molar-refractivity contribution >= 4 is 63.8 Å². The van der Waals surface area contributed by atoms with Gasteiger partial charge in [0.05, 0.1) is 16.2 Å². The fourth-order valence-electron chi connectivity index (χ4n) is 2.35. The molecule has 0 bridgehead atoms. The van der Waals surface area contributed by atoms with Crippen molar-refractivity contribution in [3.05, 3.63) is 68.5 Å². The Kier molecular flexibility index (Phi) is 5.36. The zero-order valence-electron chi connectivity index (χ0n) is 13.4. The second-order valence-corrected chi connectivity index (χ2v) is 7.21.